The van der Waals surface area contributed by atoms with Crippen LogP contribution in [0.2, 0.25) is 0 Å². The zero-order chi connectivity index (χ0) is 13.9. The molecular formula is C10H12BrNO5S. The fourth-order valence-corrected chi connectivity index (χ4v) is 3.43. The van der Waals surface area contributed by atoms with E-state index in [0.717, 1.165) is 6.07 Å². The van der Waals surface area contributed by atoms with Crippen molar-refractivity contribution in [1.82, 2.24) is 4.72 Å². The van der Waals surface area contributed by atoms with Crippen LogP contribution in [0, 0.1) is 0 Å². The van der Waals surface area contributed by atoms with Gasteiger partial charge in [-0.3, -0.25) is 0 Å². The average Bonchev–Trinajstić information content (AvgIpc) is 2.28. The summed E-state index contributed by atoms with van der Waals surface area (Å²) in [7, 11) is -3.88. The Balaban J connectivity index is 3.23. The first-order valence-electron chi connectivity index (χ1n) is 4.94. The number of hydrogen-bond donors (Lipinski definition) is 3. The van der Waals surface area contributed by atoms with E-state index in [1.54, 1.807) is 0 Å². The fourth-order valence-electron chi connectivity index (χ4n) is 1.21. The van der Waals surface area contributed by atoms with Crippen LogP contribution in [0.3, 0.4) is 0 Å². The predicted octanol–water partition coefficient (Wildman–Crippen LogP) is 0.806. The van der Waals surface area contributed by atoms with Crippen LogP contribution in [0.5, 0.6) is 0 Å². The molecule has 6 nitrogen and oxygen atoms in total. The van der Waals surface area contributed by atoms with E-state index >= 15 is 0 Å². The van der Waals surface area contributed by atoms with Crippen molar-refractivity contribution in [2.24, 2.45) is 0 Å². The number of halogens is 1. The van der Waals surface area contributed by atoms with Gasteiger partial charge in [-0.1, -0.05) is 0 Å². The number of nitrogens with one attached hydrogen (secondary N) is 1. The average molecular weight is 338 g/mol. The van der Waals surface area contributed by atoms with Crippen LogP contribution in [0.1, 0.15) is 17.3 Å². The minimum Gasteiger partial charge on any atom is -0.478 e. The van der Waals surface area contributed by atoms with Gasteiger partial charge in [0, 0.05) is 10.5 Å². The fraction of sp³-hybridized carbons (Fsp3) is 0.300. The van der Waals surface area contributed by atoms with E-state index in [1.165, 1.54) is 19.1 Å². The number of aromatic carboxylic acids is 1. The number of rotatable bonds is 5. The van der Waals surface area contributed by atoms with E-state index in [2.05, 4.69) is 20.7 Å². The molecule has 1 aromatic carbocycles. The highest BCUT2D eigenvalue weighted by Gasteiger charge is 2.21. The van der Waals surface area contributed by atoms with Gasteiger partial charge in [-0.2, -0.15) is 0 Å². The molecule has 0 saturated heterocycles. The quantitative estimate of drug-likeness (QED) is 0.737. The van der Waals surface area contributed by atoms with Crippen molar-refractivity contribution in [3.8, 4) is 0 Å². The second-order valence-corrected chi connectivity index (χ2v) is 6.19. The van der Waals surface area contributed by atoms with Gasteiger partial charge in [0.2, 0.25) is 10.0 Å². The molecule has 0 spiro atoms. The van der Waals surface area contributed by atoms with Crippen LogP contribution >= 0.6 is 15.9 Å². The largest absolute Gasteiger partial charge is 0.478 e. The number of carboxylic acid groups (broad SMARTS) is 1. The van der Waals surface area contributed by atoms with Gasteiger partial charge in [0.1, 0.15) is 0 Å². The Morgan fingerprint density at radius 1 is 1.50 bits per heavy atom. The summed E-state index contributed by atoms with van der Waals surface area (Å²) in [5.41, 5.74) is -0.129. The standard InChI is InChI=1S/C10H12BrNO5S/c1-6(5-13)12-18(16,17)9-4-7(10(14)15)2-3-8(9)11/h2-4,6,12-13H,5H2,1H3,(H,14,15). The summed E-state index contributed by atoms with van der Waals surface area (Å²) in [6.07, 6.45) is 0. The van der Waals surface area contributed by atoms with Crippen molar-refractivity contribution in [3.05, 3.63) is 28.2 Å². The summed E-state index contributed by atoms with van der Waals surface area (Å²) in [6, 6.07) is 3.04. The number of carbonyl (C=O) groups is 1. The molecule has 0 amide bonds. The number of benzene rings is 1. The van der Waals surface area contributed by atoms with Gasteiger partial charge in [-0.05, 0) is 41.1 Å². The summed E-state index contributed by atoms with van der Waals surface area (Å²) in [5.74, 6) is -1.21. The monoisotopic (exact) mass is 337 g/mol. The normalized spacial score (nSPS) is 13.3. The SMILES string of the molecule is CC(CO)NS(=O)(=O)c1cc(C(=O)O)ccc1Br. The number of aliphatic hydroxyl groups excluding tert-OH is 1. The molecule has 0 fully saturated rings. The van der Waals surface area contributed by atoms with Crippen molar-refractivity contribution >= 4 is 31.9 Å². The highest BCUT2D eigenvalue weighted by molar-refractivity contribution is 9.10. The Morgan fingerprint density at radius 3 is 2.61 bits per heavy atom. The van der Waals surface area contributed by atoms with Gasteiger partial charge in [0.25, 0.3) is 0 Å². The van der Waals surface area contributed by atoms with E-state index in [0.29, 0.717) is 0 Å². The molecule has 0 aromatic heterocycles. The summed E-state index contributed by atoms with van der Waals surface area (Å²) >= 11 is 3.05. The van der Waals surface area contributed by atoms with Crippen LogP contribution in [0.15, 0.2) is 27.6 Å². The maximum atomic E-state index is 12.0. The third kappa shape index (κ3) is 3.52. The zero-order valence-corrected chi connectivity index (χ0v) is 11.8. The third-order valence-corrected chi connectivity index (χ3v) is 4.68. The molecule has 1 unspecified atom stereocenters. The summed E-state index contributed by atoms with van der Waals surface area (Å²) in [6.45, 7) is 1.14. The smallest absolute Gasteiger partial charge is 0.335 e. The molecule has 100 valence electrons. The molecule has 1 rings (SSSR count). The summed E-state index contributed by atoms with van der Waals surface area (Å²) in [4.78, 5) is 10.6. The summed E-state index contributed by atoms with van der Waals surface area (Å²) < 4.78 is 26.4. The Labute approximate surface area is 113 Å². The first-order valence-corrected chi connectivity index (χ1v) is 7.21. The lowest BCUT2D eigenvalue weighted by atomic mass is 10.2. The Kier molecular flexibility index (Phi) is 4.85. The molecule has 0 saturated carbocycles. The molecule has 8 heteroatoms. The third-order valence-electron chi connectivity index (χ3n) is 2.10. The first-order chi connectivity index (χ1) is 8.27. The van der Waals surface area contributed by atoms with Crippen LogP contribution in [0.4, 0.5) is 0 Å². The topological polar surface area (TPSA) is 104 Å². The Morgan fingerprint density at radius 2 is 2.11 bits per heavy atom. The van der Waals surface area contributed by atoms with Crippen molar-refractivity contribution in [1.29, 1.82) is 0 Å². The Bertz CT molecular complexity index is 557. The maximum absolute atomic E-state index is 12.0. The second kappa shape index (κ2) is 5.79. The second-order valence-electron chi connectivity index (χ2n) is 3.66. The molecule has 1 atom stereocenters. The molecule has 0 radical (unpaired) electrons. The van der Waals surface area contributed by atoms with Gasteiger partial charge in [0.05, 0.1) is 17.1 Å². The molecule has 0 aliphatic heterocycles. The number of sulfonamides is 1. The van der Waals surface area contributed by atoms with E-state index in [-0.39, 0.29) is 21.5 Å². The number of carboxylic acids is 1. The van der Waals surface area contributed by atoms with Crippen LogP contribution in [-0.4, -0.2) is 37.2 Å². The molecule has 3 N–H and O–H groups in total. The van der Waals surface area contributed by atoms with Gasteiger partial charge in [0.15, 0.2) is 0 Å². The molecule has 0 aliphatic carbocycles. The molecule has 1 aromatic rings. The van der Waals surface area contributed by atoms with Crippen molar-refractivity contribution in [3.63, 3.8) is 0 Å². The zero-order valence-electron chi connectivity index (χ0n) is 9.42. The van der Waals surface area contributed by atoms with Gasteiger partial charge in [-0.25, -0.2) is 17.9 Å². The highest BCUT2D eigenvalue weighted by Crippen LogP contribution is 2.23. The van der Waals surface area contributed by atoms with Crippen LogP contribution < -0.4 is 4.72 Å². The molecule has 18 heavy (non-hydrogen) atoms. The lowest BCUT2D eigenvalue weighted by molar-refractivity contribution is 0.0696. The first kappa shape index (κ1) is 15.1. The van der Waals surface area contributed by atoms with Crippen molar-refractivity contribution in [2.75, 3.05) is 6.61 Å². The highest BCUT2D eigenvalue weighted by atomic mass is 79.9. The minimum atomic E-state index is -3.88. The predicted molar refractivity (Wildman–Crippen MR) is 68.0 cm³/mol. The van der Waals surface area contributed by atoms with Gasteiger partial charge >= 0.3 is 5.97 Å². The summed E-state index contributed by atoms with van der Waals surface area (Å²) in [5, 5.41) is 17.6. The maximum Gasteiger partial charge on any atom is 0.335 e. The van der Waals surface area contributed by atoms with E-state index < -0.39 is 22.0 Å². The van der Waals surface area contributed by atoms with Crippen LogP contribution in [0.25, 0.3) is 0 Å². The molecule has 0 aliphatic rings. The van der Waals surface area contributed by atoms with Gasteiger partial charge in [-0.15, -0.1) is 0 Å². The molecule has 0 bridgehead atoms. The lowest BCUT2D eigenvalue weighted by Crippen LogP contribution is -2.35. The number of aliphatic hydroxyl groups is 1. The lowest BCUT2D eigenvalue weighted by Gasteiger charge is -2.13. The number of hydrogen-bond acceptors (Lipinski definition) is 4. The molecular weight excluding hydrogens is 326 g/mol. The van der Waals surface area contributed by atoms with E-state index in [1.807, 2.05) is 0 Å². The van der Waals surface area contributed by atoms with Crippen LogP contribution in [-0.2, 0) is 10.0 Å². The minimum absolute atomic E-state index is 0.129. The molecule has 0 heterocycles. The Hall–Kier alpha value is -0.960. The van der Waals surface area contributed by atoms with E-state index in [9.17, 15) is 13.2 Å². The van der Waals surface area contributed by atoms with Crippen molar-refractivity contribution in [2.45, 2.75) is 17.9 Å². The van der Waals surface area contributed by atoms with E-state index in [4.69, 9.17) is 10.2 Å². The van der Waals surface area contributed by atoms with Crippen molar-refractivity contribution < 1.29 is 23.4 Å². The van der Waals surface area contributed by atoms with Gasteiger partial charge < -0.3 is 10.2 Å².